The average Bonchev–Trinajstić information content (AvgIpc) is 2.72. The highest BCUT2D eigenvalue weighted by molar-refractivity contribution is 8.26. The van der Waals surface area contributed by atoms with Crippen LogP contribution >= 0.6 is 24.0 Å². The zero-order valence-corrected chi connectivity index (χ0v) is 12.5. The Morgan fingerprint density at radius 1 is 1.50 bits per heavy atom. The molecule has 0 atom stereocenters. The first kappa shape index (κ1) is 14.6. The van der Waals surface area contributed by atoms with Gasteiger partial charge in [-0.3, -0.25) is 9.69 Å². The second-order valence-corrected chi connectivity index (χ2v) is 5.59. The third-order valence-electron chi connectivity index (χ3n) is 2.69. The molecule has 1 aromatic carbocycles. The Kier molecular flexibility index (Phi) is 4.77. The molecule has 0 bridgehead atoms. The predicted octanol–water partition coefficient (Wildman–Crippen LogP) is 2.81. The maximum atomic E-state index is 12.1. The van der Waals surface area contributed by atoms with Crippen molar-refractivity contribution in [3.63, 3.8) is 0 Å². The largest absolute Gasteiger partial charge is 0.478 e. The summed E-state index contributed by atoms with van der Waals surface area (Å²) in [5.74, 6) is 0.494. The van der Waals surface area contributed by atoms with E-state index in [1.807, 2.05) is 31.2 Å². The third kappa shape index (κ3) is 3.00. The zero-order chi connectivity index (χ0) is 14.5. The van der Waals surface area contributed by atoms with Crippen LogP contribution in [0.1, 0.15) is 12.5 Å². The van der Waals surface area contributed by atoms with Crippen LogP contribution in [-0.4, -0.2) is 28.3 Å². The third-order valence-corrected chi connectivity index (χ3v) is 4.07. The first-order valence-corrected chi connectivity index (χ1v) is 7.24. The molecule has 1 aliphatic rings. The van der Waals surface area contributed by atoms with Gasteiger partial charge in [-0.15, -0.1) is 0 Å². The van der Waals surface area contributed by atoms with Gasteiger partial charge in [0.15, 0.2) is 6.61 Å². The summed E-state index contributed by atoms with van der Waals surface area (Å²) in [5.41, 5.74) is 0.763. The fraction of sp³-hybridized carbons (Fsp3) is 0.214. The number of amides is 1. The number of rotatable bonds is 4. The number of benzene rings is 1. The van der Waals surface area contributed by atoms with Crippen molar-refractivity contribution in [1.82, 2.24) is 4.90 Å². The molecule has 0 saturated carbocycles. The molecule has 102 valence electrons. The maximum Gasteiger partial charge on any atom is 0.266 e. The summed E-state index contributed by atoms with van der Waals surface area (Å²) in [5, 5.41) is 8.57. The van der Waals surface area contributed by atoms with Gasteiger partial charge >= 0.3 is 0 Å². The molecule has 1 saturated heterocycles. The van der Waals surface area contributed by atoms with E-state index in [1.165, 1.54) is 11.8 Å². The monoisotopic (exact) mass is 304 g/mol. The Bertz CT molecular complexity index is 620. The number of carbonyl (C=O) groups is 1. The molecular weight excluding hydrogens is 292 g/mol. The van der Waals surface area contributed by atoms with Crippen LogP contribution in [0.2, 0.25) is 0 Å². The van der Waals surface area contributed by atoms with E-state index in [0.29, 0.717) is 21.5 Å². The topological polar surface area (TPSA) is 53.3 Å². The van der Waals surface area contributed by atoms with Gasteiger partial charge in [-0.25, -0.2) is 0 Å². The van der Waals surface area contributed by atoms with Crippen LogP contribution < -0.4 is 4.74 Å². The summed E-state index contributed by atoms with van der Waals surface area (Å²) in [6, 6.07) is 9.20. The number of likely N-dealkylation sites (N-methyl/N-ethyl adjacent to an activating group) is 1. The molecule has 1 aliphatic heterocycles. The van der Waals surface area contributed by atoms with E-state index >= 15 is 0 Å². The Balaban J connectivity index is 2.30. The van der Waals surface area contributed by atoms with E-state index in [-0.39, 0.29) is 12.5 Å². The van der Waals surface area contributed by atoms with E-state index < -0.39 is 0 Å². The number of hydrogen-bond acceptors (Lipinski definition) is 5. The van der Waals surface area contributed by atoms with Crippen molar-refractivity contribution in [3.8, 4) is 11.8 Å². The van der Waals surface area contributed by atoms with E-state index in [0.717, 1.165) is 5.56 Å². The molecule has 2 rings (SSSR count). The van der Waals surface area contributed by atoms with E-state index in [1.54, 1.807) is 17.0 Å². The number of para-hydroxylation sites is 1. The van der Waals surface area contributed by atoms with Gasteiger partial charge in [0.1, 0.15) is 16.1 Å². The van der Waals surface area contributed by atoms with E-state index in [2.05, 4.69) is 0 Å². The molecule has 1 heterocycles. The SMILES string of the molecule is CCN1C(=O)/C(=C/c2ccccc2OCC#N)SC1=S. The van der Waals surface area contributed by atoms with E-state index in [4.69, 9.17) is 22.2 Å². The molecule has 0 aromatic heterocycles. The van der Waals surface area contributed by atoms with Crippen molar-refractivity contribution < 1.29 is 9.53 Å². The molecule has 20 heavy (non-hydrogen) atoms. The Morgan fingerprint density at radius 2 is 2.25 bits per heavy atom. The maximum absolute atomic E-state index is 12.1. The summed E-state index contributed by atoms with van der Waals surface area (Å²) in [6.07, 6.45) is 1.75. The molecule has 1 aromatic rings. The standard InChI is InChI=1S/C14H12N2O2S2/c1-2-16-13(17)12(20-14(16)19)9-10-5-3-4-6-11(10)18-8-7-15/h3-6,9H,2,8H2,1H3/b12-9-. The molecule has 4 nitrogen and oxygen atoms in total. The van der Waals surface area contributed by atoms with Crippen LogP contribution in [0.15, 0.2) is 29.2 Å². The zero-order valence-electron chi connectivity index (χ0n) is 10.8. The van der Waals surface area contributed by atoms with Gasteiger partial charge in [-0.05, 0) is 19.1 Å². The van der Waals surface area contributed by atoms with Gasteiger partial charge < -0.3 is 4.74 Å². The molecule has 0 unspecified atom stereocenters. The van der Waals surface area contributed by atoms with Gasteiger partial charge in [0.2, 0.25) is 0 Å². The Labute approximate surface area is 127 Å². The normalized spacial score (nSPS) is 16.6. The number of carbonyl (C=O) groups excluding carboxylic acids is 1. The number of thiocarbonyl (C=S) groups is 1. The van der Waals surface area contributed by atoms with Crippen LogP contribution in [0.3, 0.4) is 0 Å². The molecule has 0 aliphatic carbocycles. The highest BCUT2D eigenvalue weighted by Gasteiger charge is 2.30. The fourth-order valence-corrected chi connectivity index (χ4v) is 3.13. The summed E-state index contributed by atoms with van der Waals surface area (Å²) in [7, 11) is 0. The quantitative estimate of drug-likeness (QED) is 0.632. The summed E-state index contributed by atoms with van der Waals surface area (Å²) < 4.78 is 5.91. The van der Waals surface area contributed by atoms with Crippen LogP contribution in [0, 0.1) is 11.3 Å². The highest BCUT2D eigenvalue weighted by atomic mass is 32.2. The van der Waals surface area contributed by atoms with Crippen LogP contribution in [0.5, 0.6) is 5.75 Å². The number of hydrogen-bond donors (Lipinski definition) is 0. The van der Waals surface area contributed by atoms with E-state index in [9.17, 15) is 4.79 Å². The lowest BCUT2D eigenvalue weighted by Gasteiger charge is -2.09. The van der Waals surface area contributed by atoms with Crippen LogP contribution in [-0.2, 0) is 4.79 Å². The second-order valence-electron chi connectivity index (χ2n) is 3.91. The smallest absolute Gasteiger partial charge is 0.266 e. The average molecular weight is 304 g/mol. The first-order valence-electron chi connectivity index (χ1n) is 6.01. The lowest BCUT2D eigenvalue weighted by atomic mass is 10.2. The van der Waals surface area contributed by atoms with Crippen molar-refractivity contribution in [2.75, 3.05) is 13.2 Å². The minimum absolute atomic E-state index is 0.0270. The molecule has 0 radical (unpaired) electrons. The van der Waals surface area contributed by atoms with Gasteiger partial charge in [0.25, 0.3) is 5.91 Å². The number of nitriles is 1. The Hall–Kier alpha value is -1.84. The molecule has 0 spiro atoms. The van der Waals surface area contributed by atoms with Gasteiger partial charge in [0, 0.05) is 12.1 Å². The van der Waals surface area contributed by atoms with Crippen molar-refractivity contribution >= 4 is 40.3 Å². The summed E-state index contributed by atoms with van der Waals surface area (Å²) >= 11 is 6.45. The second kappa shape index (κ2) is 6.55. The van der Waals surface area contributed by atoms with Crippen molar-refractivity contribution in [2.45, 2.75) is 6.92 Å². The predicted molar refractivity (Wildman–Crippen MR) is 83.1 cm³/mol. The van der Waals surface area contributed by atoms with Crippen molar-refractivity contribution in [2.24, 2.45) is 0 Å². The molecule has 1 fully saturated rings. The minimum Gasteiger partial charge on any atom is -0.478 e. The molecule has 6 heteroatoms. The van der Waals surface area contributed by atoms with Crippen molar-refractivity contribution in [1.29, 1.82) is 5.26 Å². The lowest BCUT2D eigenvalue weighted by Crippen LogP contribution is -2.27. The first-order chi connectivity index (χ1) is 9.67. The number of thioether (sulfide) groups is 1. The van der Waals surface area contributed by atoms with Gasteiger partial charge in [0.05, 0.1) is 4.91 Å². The molecular formula is C14H12N2O2S2. The fourth-order valence-electron chi connectivity index (χ4n) is 1.76. The Morgan fingerprint density at radius 3 is 2.90 bits per heavy atom. The van der Waals surface area contributed by atoms with Gasteiger partial charge in [-0.1, -0.05) is 42.2 Å². The summed E-state index contributed by atoms with van der Waals surface area (Å²) in [6.45, 7) is 2.42. The van der Waals surface area contributed by atoms with Crippen LogP contribution in [0.4, 0.5) is 0 Å². The number of ether oxygens (including phenoxy) is 1. The minimum atomic E-state index is -0.0856. The number of nitrogens with zero attached hydrogens (tertiary/aromatic N) is 2. The summed E-state index contributed by atoms with van der Waals surface area (Å²) in [4.78, 5) is 14.3. The van der Waals surface area contributed by atoms with Crippen molar-refractivity contribution in [3.05, 3.63) is 34.7 Å². The van der Waals surface area contributed by atoms with Crippen LogP contribution in [0.25, 0.3) is 6.08 Å². The lowest BCUT2D eigenvalue weighted by molar-refractivity contribution is -0.121. The molecule has 1 amide bonds. The van der Waals surface area contributed by atoms with Gasteiger partial charge in [-0.2, -0.15) is 5.26 Å². The highest BCUT2D eigenvalue weighted by Crippen LogP contribution is 2.33. The molecule has 0 N–H and O–H groups in total.